The van der Waals surface area contributed by atoms with Crippen LogP contribution < -0.4 is 5.43 Å². The third-order valence-electron chi connectivity index (χ3n) is 5.05. The van der Waals surface area contributed by atoms with Crippen molar-refractivity contribution in [2.24, 2.45) is 0 Å². The molecular formula is C19H21F2NO2. The Hall–Kier alpha value is -2.17. The summed E-state index contributed by atoms with van der Waals surface area (Å²) in [6.45, 7) is 2.10. The number of nitrogens with zero attached hydrogens (tertiary/aromatic N) is 1. The van der Waals surface area contributed by atoms with Crippen molar-refractivity contribution in [1.82, 2.24) is 4.57 Å². The van der Waals surface area contributed by atoms with E-state index in [0.29, 0.717) is 24.9 Å². The van der Waals surface area contributed by atoms with Gasteiger partial charge in [-0.15, -0.1) is 0 Å². The van der Waals surface area contributed by atoms with Crippen molar-refractivity contribution < 1.29 is 13.9 Å². The number of aromatic hydroxyl groups is 1. The normalized spacial score (nSPS) is 19.1. The van der Waals surface area contributed by atoms with Gasteiger partial charge in [-0.05, 0) is 25.3 Å². The molecule has 2 aromatic rings. The number of benzene rings is 1. The van der Waals surface area contributed by atoms with Gasteiger partial charge in [0.25, 0.3) is 0 Å². The Balaban J connectivity index is 1.99. The lowest BCUT2D eigenvalue weighted by molar-refractivity contribution is -0.0543. The molecule has 3 rings (SSSR count). The molecule has 1 fully saturated rings. The second-order valence-corrected chi connectivity index (χ2v) is 6.83. The molecule has 1 aromatic carbocycles. The molecule has 1 aromatic heterocycles. The smallest absolute Gasteiger partial charge is 0.248 e. The first-order valence-electron chi connectivity index (χ1n) is 8.14. The Morgan fingerprint density at radius 3 is 2.29 bits per heavy atom. The lowest BCUT2D eigenvalue weighted by Gasteiger charge is -2.41. The summed E-state index contributed by atoms with van der Waals surface area (Å²) in [5, 5.41) is 9.79. The monoisotopic (exact) mass is 333 g/mol. The molecule has 0 amide bonds. The number of pyridine rings is 1. The lowest BCUT2D eigenvalue weighted by Crippen LogP contribution is -2.40. The van der Waals surface area contributed by atoms with Crippen molar-refractivity contribution >= 4 is 0 Å². The van der Waals surface area contributed by atoms with Crippen LogP contribution in [0.4, 0.5) is 8.78 Å². The highest BCUT2D eigenvalue weighted by atomic mass is 19.3. The van der Waals surface area contributed by atoms with E-state index >= 15 is 0 Å². The third kappa shape index (κ3) is 3.21. The summed E-state index contributed by atoms with van der Waals surface area (Å²) >= 11 is 0. The quantitative estimate of drug-likeness (QED) is 0.922. The fraction of sp³-hybridized carbons (Fsp3) is 0.421. The maximum absolute atomic E-state index is 13.7. The number of aromatic nitrogens is 1. The highest BCUT2D eigenvalue weighted by Crippen LogP contribution is 2.46. The summed E-state index contributed by atoms with van der Waals surface area (Å²) in [6.07, 6.45) is 3.53. The zero-order valence-corrected chi connectivity index (χ0v) is 13.6. The fourth-order valence-corrected chi connectivity index (χ4v) is 3.63. The molecule has 128 valence electrons. The predicted molar refractivity (Wildman–Crippen MR) is 88.6 cm³/mol. The van der Waals surface area contributed by atoms with Crippen molar-refractivity contribution in [3.8, 4) is 5.75 Å². The number of hydrogen-bond donors (Lipinski definition) is 1. The molecule has 1 N–H and O–H groups in total. The van der Waals surface area contributed by atoms with Crippen LogP contribution in [0.2, 0.25) is 0 Å². The van der Waals surface area contributed by atoms with E-state index in [1.165, 1.54) is 6.20 Å². The Kier molecular flexibility index (Phi) is 4.20. The van der Waals surface area contributed by atoms with Gasteiger partial charge in [-0.1, -0.05) is 30.3 Å². The molecule has 0 spiro atoms. The Bertz CT molecular complexity index is 747. The minimum absolute atomic E-state index is 0.146. The molecule has 0 bridgehead atoms. The van der Waals surface area contributed by atoms with Gasteiger partial charge in [-0.2, -0.15) is 0 Å². The van der Waals surface area contributed by atoms with Gasteiger partial charge in [0.1, 0.15) is 0 Å². The van der Waals surface area contributed by atoms with Gasteiger partial charge in [-0.25, -0.2) is 8.78 Å². The standard InChI is InChI=1S/C19H21F2NO2/c1-14-11-22(12-16(23)17(14)24)13-18(15-5-3-2-4-6-15)7-9-19(20,21)10-8-18/h2-6,11-12,23H,7-10,13H2,1H3. The van der Waals surface area contributed by atoms with E-state index < -0.39 is 16.8 Å². The molecule has 3 nitrogen and oxygen atoms in total. The Morgan fingerprint density at radius 2 is 1.71 bits per heavy atom. The molecule has 0 unspecified atom stereocenters. The van der Waals surface area contributed by atoms with Crippen LogP contribution in [-0.4, -0.2) is 15.6 Å². The summed E-state index contributed by atoms with van der Waals surface area (Å²) in [4.78, 5) is 11.7. The minimum atomic E-state index is -2.61. The first-order valence-corrected chi connectivity index (χ1v) is 8.14. The SMILES string of the molecule is Cc1cn(CC2(c3ccccc3)CCC(F)(F)CC2)cc(O)c1=O. The van der Waals surface area contributed by atoms with Crippen LogP contribution >= 0.6 is 0 Å². The first-order chi connectivity index (χ1) is 11.3. The zero-order chi connectivity index (χ0) is 17.4. The lowest BCUT2D eigenvalue weighted by atomic mass is 9.68. The van der Waals surface area contributed by atoms with Crippen LogP contribution in [-0.2, 0) is 12.0 Å². The molecule has 1 aliphatic rings. The summed E-state index contributed by atoms with van der Waals surface area (Å²) in [5.74, 6) is -2.92. The van der Waals surface area contributed by atoms with E-state index in [-0.39, 0.29) is 18.6 Å². The molecule has 24 heavy (non-hydrogen) atoms. The van der Waals surface area contributed by atoms with Gasteiger partial charge in [0.05, 0.1) is 0 Å². The Morgan fingerprint density at radius 1 is 1.08 bits per heavy atom. The molecule has 1 aliphatic carbocycles. The van der Waals surface area contributed by atoms with Gasteiger partial charge < -0.3 is 9.67 Å². The van der Waals surface area contributed by atoms with Crippen LogP contribution in [0.3, 0.4) is 0 Å². The average Bonchev–Trinajstić information content (AvgIpc) is 2.56. The van der Waals surface area contributed by atoms with Crippen LogP contribution in [0.15, 0.2) is 47.5 Å². The van der Waals surface area contributed by atoms with Crippen molar-refractivity contribution in [2.45, 2.75) is 50.5 Å². The Labute approximate surface area is 139 Å². The predicted octanol–water partition coefficient (Wildman–Crippen LogP) is 4.01. The van der Waals surface area contributed by atoms with Gasteiger partial charge >= 0.3 is 0 Å². The number of aryl methyl sites for hydroxylation is 1. The minimum Gasteiger partial charge on any atom is -0.503 e. The van der Waals surface area contributed by atoms with Crippen LogP contribution in [0.1, 0.15) is 36.8 Å². The summed E-state index contributed by atoms with van der Waals surface area (Å²) in [5.41, 5.74) is 0.655. The van der Waals surface area contributed by atoms with Crippen molar-refractivity contribution in [2.75, 3.05) is 0 Å². The number of halogens is 2. The van der Waals surface area contributed by atoms with Gasteiger partial charge in [0.2, 0.25) is 11.4 Å². The van der Waals surface area contributed by atoms with Crippen molar-refractivity contribution in [1.29, 1.82) is 0 Å². The van der Waals surface area contributed by atoms with E-state index in [9.17, 15) is 18.7 Å². The summed E-state index contributed by atoms with van der Waals surface area (Å²) in [7, 11) is 0. The second kappa shape index (κ2) is 6.04. The second-order valence-electron chi connectivity index (χ2n) is 6.83. The van der Waals surface area contributed by atoms with E-state index in [2.05, 4.69) is 0 Å². The van der Waals surface area contributed by atoms with E-state index in [1.807, 2.05) is 30.3 Å². The molecule has 0 radical (unpaired) electrons. The maximum atomic E-state index is 13.7. The topological polar surface area (TPSA) is 42.2 Å². The fourth-order valence-electron chi connectivity index (χ4n) is 3.63. The molecule has 0 atom stereocenters. The third-order valence-corrected chi connectivity index (χ3v) is 5.05. The van der Waals surface area contributed by atoms with Crippen LogP contribution in [0, 0.1) is 6.92 Å². The van der Waals surface area contributed by atoms with Crippen LogP contribution in [0.5, 0.6) is 5.75 Å². The number of rotatable bonds is 3. The van der Waals surface area contributed by atoms with E-state index in [1.54, 1.807) is 17.7 Å². The summed E-state index contributed by atoms with van der Waals surface area (Å²) < 4.78 is 29.1. The van der Waals surface area contributed by atoms with Crippen molar-refractivity contribution in [3.63, 3.8) is 0 Å². The first kappa shape index (κ1) is 16.7. The number of alkyl halides is 2. The largest absolute Gasteiger partial charge is 0.503 e. The molecule has 1 heterocycles. The molecular weight excluding hydrogens is 312 g/mol. The van der Waals surface area contributed by atoms with Crippen LogP contribution in [0.25, 0.3) is 0 Å². The van der Waals surface area contributed by atoms with E-state index in [4.69, 9.17) is 0 Å². The maximum Gasteiger partial charge on any atom is 0.248 e. The van der Waals surface area contributed by atoms with Crippen molar-refractivity contribution in [3.05, 3.63) is 64.1 Å². The molecule has 0 aliphatic heterocycles. The van der Waals surface area contributed by atoms with Gasteiger partial charge in [0, 0.05) is 42.8 Å². The number of hydrogen-bond acceptors (Lipinski definition) is 2. The molecule has 0 saturated heterocycles. The van der Waals surface area contributed by atoms with E-state index in [0.717, 1.165) is 5.56 Å². The molecule has 1 saturated carbocycles. The molecule has 5 heteroatoms. The highest BCUT2D eigenvalue weighted by molar-refractivity contribution is 5.28. The highest BCUT2D eigenvalue weighted by Gasteiger charge is 2.44. The summed E-state index contributed by atoms with van der Waals surface area (Å²) in [6, 6.07) is 9.68. The average molecular weight is 333 g/mol. The van der Waals surface area contributed by atoms with Gasteiger partial charge in [-0.3, -0.25) is 4.79 Å². The van der Waals surface area contributed by atoms with Gasteiger partial charge in [0.15, 0.2) is 5.75 Å². The zero-order valence-electron chi connectivity index (χ0n) is 13.6.